The van der Waals surface area contributed by atoms with Gasteiger partial charge in [-0.05, 0) is 26.3 Å². The van der Waals surface area contributed by atoms with Crippen molar-refractivity contribution in [3.63, 3.8) is 0 Å². The lowest BCUT2D eigenvalue weighted by molar-refractivity contribution is 0.577. The summed E-state index contributed by atoms with van der Waals surface area (Å²) in [6.07, 6.45) is 2.56. The van der Waals surface area contributed by atoms with Crippen LogP contribution in [0.3, 0.4) is 0 Å². The number of anilines is 1. The maximum atomic E-state index is 12.9. The zero-order chi connectivity index (χ0) is 10.6. The maximum absolute atomic E-state index is 12.9. The molecule has 1 rings (SSSR count). The van der Waals surface area contributed by atoms with E-state index in [1.807, 2.05) is 6.07 Å². The summed E-state index contributed by atoms with van der Waals surface area (Å²) in [6.45, 7) is 7.23. The highest BCUT2D eigenvalue weighted by atomic mass is 19.1. The molecule has 1 aromatic rings. The molecule has 0 radical (unpaired) electrons. The minimum atomic E-state index is -0.413. The lowest BCUT2D eigenvalue weighted by atomic mass is 10.2. The second kappa shape index (κ2) is 4.94. The van der Waals surface area contributed by atoms with Crippen LogP contribution in [-0.2, 0) is 0 Å². The first-order valence-electron chi connectivity index (χ1n) is 5.07. The second-order valence-electron chi connectivity index (χ2n) is 3.38. The third-order valence-corrected chi connectivity index (χ3v) is 2.51. The smallest absolute Gasteiger partial charge is 0.214 e. The fourth-order valence-corrected chi connectivity index (χ4v) is 1.54. The van der Waals surface area contributed by atoms with Gasteiger partial charge in [-0.2, -0.15) is 4.39 Å². The molecule has 2 nitrogen and oxygen atoms in total. The minimum absolute atomic E-state index is 0.413. The fraction of sp³-hybridized carbons (Fsp3) is 0.545. The molecule has 14 heavy (non-hydrogen) atoms. The van der Waals surface area contributed by atoms with Gasteiger partial charge in [0, 0.05) is 30.5 Å². The number of nitrogens with zero attached hydrogens (tertiary/aromatic N) is 2. The molecule has 0 spiro atoms. The van der Waals surface area contributed by atoms with Gasteiger partial charge in [-0.3, -0.25) is 0 Å². The summed E-state index contributed by atoms with van der Waals surface area (Å²) in [5.41, 5.74) is 0.911. The van der Waals surface area contributed by atoms with E-state index in [-0.39, 0.29) is 0 Å². The van der Waals surface area contributed by atoms with Crippen molar-refractivity contribution in [3.05, 3.63) is 24.3 Å². The van der Waals surface area contributed by atoms with Crippen LogP contribution in [0.25, 0.3) is 0 Å². The Hall–Kier alpha value is -1.12. The molecule has 1 unspecified atom stereocenters. The molecule has 0 bridgehead atoms. The van der Waals surface area contributed by atoms with E-state index in [1.165, 1.54) is 12.3 Å². The van der Waals surface area contributed by atoms with Gasteiger partial charge in [0.2, 0.25) is 5.95 Å². The Morgan fingerprint density at radius 3 is 2.71 bits per heavy atom. The van der Waals surface area contributed by atoms with Gasteiger partial charge < -0.3 is 4.90 Å². The Bertz CT molecular complexity index is 288. The van der Waals surface area contributed by atoms with E-state index in [4.69, 9.17) is 0 Å². The lowest BCUT2D eigenvalue weighted by Crippen LogP contribution is -2.32. The predicted molar refractivity (Wildman–Crippen MR) is 57.0 cm³/mol. The Balaban J connectivity index is 2.89. The molecule has 0 saturated heterocycles. The molecule has 0 amide bonds. The second-order valence-corrected chi connectivity index (χ2v) is 3.38. The first-order valence-corrected chi connectivity index (χ1v) is 5.07. The van der Waals surface area contributed by atoms with Gasteiger partial charge in [0.1, 0.15) is 0 Å². The molecule has 0 aliphatic carbocycles. The highest BCUT2D eigenvalue weighted by Crippen LogP contribution is 2.17. The number of hydrogen-bond donors (Lipinski definition) is 0. The van der Waals surface area contributed by atoms with Gasteiger partial charge in [0.15, 0.2) is 0 Å². The van der Waals surface area contributed by atoms with E-state index in [2.05, 4.69) is 30.7 Å². The van der Waals surface area contributed by atoms with E-state index >= 15 is 0 Å². The molecule has 0 fully saturated rings. The van der Waals surface area contributed by atoms with Crippen molar-refractivity contribution in [3.8, 4) is 0 Å². The molecular weight excluding hydrogens is 179 g/mol. The van der Waals surface area contributed by atoms with Gasteiger partial charge in [0.05, 0.1) is 0 Å². The van der Waals surface area contributed by atoms with Crippen molar-refractivity contribution in [2.45, 2.75) is 33.2 Å². The van der Waals surface area contributed by atoms with Crippen LogP contribution < -0.4 is 4.90 Å². The summed E-state index contributed by atoms with van der Waals surface area (Å²) >= 11 is 0. The molecule has 1 aromatic heterocycles. The van der Waals surface area contributed by atoms with Crippen molar-refractivity contribution in [2.75, 3.05) is 11.4 Å². The highest BCUT2D eigenvalue weighted by Gasteiger charge is 2.11. The molecule has 0 saturated carbocycles. The van der Waals surface area contributed by atoms with Crippen LogP contribution in [0.2, 0.25) is 0 Å². The summed E-state index contributed by atoms with van der Waals surface area (Å²) < 4.78 is 12.9. The monoisotopic (exact) mass is 196 g/mol. The molecular formula is C11H17FN2. The van der Waals surface area contributed by atoms with Crippen LogP contribution in [0.15, 0.2) is 18.3 Å². The van der Waals surface area contributed by atoms with Gasteiger partial charge in [-0.1, -0.05) is 6.92 Å². The summed E-state index contributed by atoms with van der Waals surface area (Å²) in [4.78, 5) is 5.72. The van der Waals surface area contributed by atoms with E-state index in [9.17, 15) is 4.39 Å². The molecule has 0 aromatic carbocycles. The molecule has 0 aliphatic heterocycles. The maximum Gasteiger partial charge on any atom is 0.214 e. The van der Waals surface area contributed by atoms with Crippen molar-refractivity contribution in [1.29, 1.82) is 0 Å². The average Bonchev–Trinajstić information content (AvgIpc) is 2.19. The zero-order valence-corrected chi connectivity index (χ0v) is 9.00. The normalized spacial score (nSPS) is 12.6. The van der Waals surface area contributed by atoms with Gasteiger partial charge >= 0.3 is 0 Å². The van der Waals surface area contributed by atoms with Crippen LogP contribution in [-0.4, -0.2) is 17.6 Å². The Labute approximate surface area is 84.8 Å². The van der Waals surface area contributed by atoms with Crippen LogP contribution >= 0.6 is 0 Å². The molecule has 0 N–H and O–H groups in total. The van der Waals surface area contributed by atoms with E-state index in [1.54, 1.807) is 0 Å². The number of pyridine rings is 1. The molecule has 3 heteroatoms. The minimum Gasteiger partial charge on any atom is -0.369 e. The summed E-state index contributed by atoms with van der Waals surface area (Å²) in [7, 11) is 0. The summed E-state index contributed by atoms with van der Waals surface area (Å²) in [6, 6.07) is 3.76. The van der Waals surface area contributed by atoms with Gasteiger partial charge in [-0.25, -0.2) is 4.98 Å². The van der Waals surface area contributed by atoms with Crippen molar-refractivity contribution in [1.82, 2.24) is 4.98 Å². The first kappa shape index (κ1) is 11.0. The SMILES string of the molecule is CCC(C)N(CC)c1ccnc(F)c1. The van der Waals surface area contributed by atoms with E-state index < -0.39 is 5.95 Å². The highest BCUT2D eigenvalue weighted by molar-refractivity contribution is 5.45. The molecule has 1 heterocycles. The van der Waals surface area contributed by atoms with Crippen LogP contribution in [0.5, 0.6) is 0 Å². The quantitative estimate of drug-likeness (QED) is 0.688. The Kier molecular flexibility index (Phi) is 3.86. The summed E-state index contributed by atoms with van der Waals surface area (Å²) in [5, 5.41) is 0. The van der Waals surface area contributed by atoms with Crippen LogP contribution in [0.4, 0.5) is 10.1 Å². The fourth-order valence-electron chi connectivity index (χ4n) is 1.54. The third kappa shape index (κ3) is 2.44. The zero-order valence-electron chi connectivity index (χ0n) is 9.00. The number of rotatable bonds is 4. The predicted octanol–water partition coefficient (Wildman–Crippen LogP) is 2.85. The van der Waals surface area contributed by atoms with Gasteiger partial charge in [0.25, 0.3) is 0 Å². The average molecular weight is 196 g/mol. The number of aromatic nitrogens is 1. The molecule has 78 valence electrons. The largest absolute Gasteiger partial charge is 0.369 e. The number of halogens is 1. The van der Waals surface area contributed by atoms with Crippen molar-refractivity contribution in [2.24, 2.45) is 0 Å². The number of hydrogen-bond acceptors (Lipinski definition) is 2. The van der Waals surface area contributed by atoms with Crippen molar-refractivity contribution < 1.29 is 4.39 Å². The van der Waals surface area contributed by atoms with E-state index in [0.29, 0.717) is 6.04 Å². The van der Waals surface area contributed by atoms with E-state index in [0.717, 1.165) is 18.7 Å². The Morgan fingerprint density at radius 2 is 2.21 bits per heavy atom. The topological polar surface area (TPSA) is 16.1 Å². The molecule has 1 atom stereocenters. The van der Waals surface area contributed by atoms with Crippen LogP contribution in [0, 0.1) is 5.95 Å². The third-order valence-electron chi connectivity index (χ3n) is 2.51. The van der Waals surface area contributed by atoms with Crippen LogP contribution in [0.1, 0.15) is 27.2 Å². The standard InChI is InChI=1S/C11H17FN2/c1-4-9(3)14(5-2)10-6-7-13-11(12)8-10/h6-9H,4-5H2,1-3H3. The van der Waals surface area contributed by atoms with Gasteiger partial charge in [-0.15, -0.1) is 0 Å². The summed E-state index contributed by atoms with van der Waals surface area (Å²) in [5.74, 6) is -0.413. The lowest BCUT2D eigenvalue weighted by Gasteiger charge is -2.29. The Morgan fingerprint density at radius 1 is 1.50 bits per heavy atom. The first-order chi connectivity index (χ1) is 6.69. The molecule has 0 aliphatic rings. The van der Waals surface area contributed by atoms with Crippen molar-refractivity contribution >= 4 is 5.69 Å².